The number of amides is 1. The molecule has 0 saturated carbocycles. The number of hydrogen-bond donors (Lipinski definition) is 3. The van der Waals surface area contributed by atoms with Gasteiger partial charge in [-0.25, -0.2) is 0 Å². The number of anilines is 2. The number of carbonyl (C=O) groups excluding carboxylic acids is 1. The lowest BCUT2D eigenvalue weighted by Crippen LogP contribution is -2.17. The highest BCUT2D eigenvalue weighted by molar-refractivity contribution is 7.18. The van der Waals surface area contributed by atoms with Crippen molar-refractivity contribution in [1.82, 2.24) is 15.1 Å². The number of aromatic nitrogens is 2. The van der Waals surface area contributed by atoms with Crippen LogP contribution in [0.5, 0.6) is 0 Å². The minimum atomic E-state index is -0.159. The number of thiophene rings is 1. The molecule has 4 N–H and O–H groups in total. The second-order valence-corrected chi connectivity index (χ2v) is 5.29. The molecule has 0 atom stereocenters. The van der Waals surface area contributed by atoms with Gasteiger partial charge in [-0.3, -0.25) is 9.48 Å². The summed E-state index contributed by atoms with van der Waals surface area (Å²) < 4.78 is 1.78. The smallest absolute Gasteiger partial charge is 0.263 e. The molecule has 0 aromatic carbocycles. The van der Waals surface area contributed by atoms with Gasteiger partial charge in [0.05, 0.1) is 16.4 Å². The van der Waals surface area contributed by atoms with Crippen LogP contribution in [-0.4, -0.2) is 22.7 Å². The second-order valence-electron chi connectivity index (χ2n) is 4.24. The van der Waals surface area contributed by atoms with Crippen LogP contribution in [0.3, 0.4) is 0 Å². The lowest BCUT2D eigenvalue weighted by molar-refractivity contribution is 0.0968. The Bertz CT molecular complexity index is 601. The van der Waals surface area contributed by atoms with Crippen molar-refractivity contribution in [2.24, 2.45) is 7.05 Å². The summed E-state index contributed by atoms with van der Waals surface area (Å²) >= 11 is 1.35. The molecule has 19 heavy (non-hydrogen) atoms. The summed E-state index contributed by atoms with van der Waals surface area (Å²) in [5.74, 6) is -0.159. The minimum absolute atomic E-state index is 0.159. The molecule has 0 radical (unpaired) electrons. The molecule has 0 bridgehead atoms. The fourth-order valence-corrected chi connectivity index (χ4v) is 2.71. The van der Waals surface area contributed by atoms with Gasteiger partial charge in [0.15, 0.2) is 0 Å². The van der Waals surface area contributed by atoms with Crippen LogP contribution in [0.2, 0.25) is 0 Å². The molecule has 2 heterocycles. The Morgan fingerprint density at radius 1 is 1.58 bits per heavy atom. The van der Waals surface area contributed by atoms with Gasteiger partial charge < -0.3 is 16.4 Å². The number of nitrogens with zero attached hydrogens (tertiary/aromatic N) is 2. The molecule has 7 heteroatoms. The zero-order valence-corrected chi connectivity index (χ0v) is 12.0. The van der Waals surface area contributed by atoms with E-state index in [1.165, 1.54) is 11.3 Å². The largest absolute Gasteiger partial charge is 0.397 e. The SMILES string of the molecule is CNC(=O)c1sc(NCc2cn(C)nc2C)cc1N. The molecule has 2 rings (SSSR count). The second kappa shape index (κ2) is 5.31. The molecule has 2 aromatic heterocycles. The molecular formula is C12H17N5OS. The van der Waals surface area contributed by atoms with Crippen molar-refractivity contribution < 1.29 is 4.79 Å². The predicted octanol–water partition coefficient (Wildman–Crippen LogP) is 1.34. The highest BCUT2D eigenvalue weighted by atomic mass is 32.1. The standard InChI is InChI=1S/C12H17N5OS/c1-7-8(6-17(3)16-7)5-15-10-4-9(13)11(19-10)12(18)14-2/h4,6,15H,5,13H2,1-3H3,(H,14,18). The molecule has 0 fully saturated rings. The van der Waals surface area contributed by atoms with Crippen molar-refractivity contribution in [2.45, 2.75) is 13.5 Å². The van der Waals surface area contributed by atoms with Crippen LogP contribution in [0.25, 0.3) is 0 Å². The quantitative estimate of drug-likeness (QED) is 0.788. The summed E-state index contributed by atoms with van der Waals surface area (Å²) in [6.45, 7) is 2.63. The van der Waals surface area contributed by atoms with Crippen molar-refractivity contribution in [3.05, 3.63) is 28.4 Å². The first kappa shape index (κ1) is 13.4. The summed E-state index contributed by atoms with van der Waals surface area (Å²) in [6, 6.07) is 1.78. The summed E-state index contributed by atoms with van der Waals surface area (Å²) in [7, 11) is 3.48. The molecule has 6 nitrogen and oxygen atoms in total. The van der Waals surface area contributed by atoms with E-state index in [0.717, 1.165) is 16.3 Å². The Morgan fingerprint density at radius 2 is 2.32 bits per heavy atom. The lowest BCUT2D eigenvalue weighted by atomic mass is 10.2. The molecule has 0 unspecified atom stereocenters. The average Bonchev–Trinajstić information content (AvgIpc) is 2.88. The molecule has 0 aliphatic heterocycles. The van der Waals surface area contributed by atoms with Crippen LogP contribution in [0.15, 0.2) is 12.3 Å². The van der Waals surface area contributed by atoms with Gasteiger partial charge in [0.25, 0.3) is 5.91 Å². The van der Waals surface area contributed by atoms with Crippen LogP contribution >= 0.6 is 11.3 Å². The molecule has 0 saturated heterocycles. The van der Waals surface area contributed by atoms with Gasteiger partial charge in [0.2, 0.25) is 0 Å². The number of nitrogen functional groups attached to an aromatic ring is 1. The van der Waals surface area contributed by atoms with Crippen LogP contribution in [0.4, 0.5) is 10.7 Å². The maximum atomic E-state index is 11.6. The molecular weight excluding hydrogens is 262 g/mol. The summed E-state index contributed by atoms with van der Waals surface area (Å²) in [6.07, 6.45) is 1.97. The van der Waals surface area contributed by atoms with E-state index in [1.807, 2.05) is 20.2 Å². The van der Waals surface area contributed by atoms with Crippen LogP contribution in [-0.2, 0) is 13.6 Å². The van der Waals surface area contributed by atoms with Gasteiger partial charge in [-0.05, 0) is 13.0 Å². The van der Waals surface area contributed by atoms with Gasteiger partial charge in [-0.2, -0.15) is 5.10 Å². The van der Waals surface area contributed by atoms with Crippen molar-refractivity contribution in [3.8, 4) is 0 Å². The van der Waals surface area contributed by atoms with Crippen molar-refractivity contribution in [1.29, 1.82) is 0 Å². The molecule has 0 aliphatic rings. The Balaban J connectivity index is 2.08. The first-order chi connectivity index (χ1) is 9.01. The fourth-order valence-electron chi connectivity index (χ4n) is 1.79. The van der Waals surface area contributed by atoms with E-state index in [2.05, 4.69) is 15.7 Å². The maximum Gasteiger partial charge on any atom is 0.263 e. The van der Waals surface area contributed by atoms with Crippen molar-refractivity contribution in [3.63, 3.8) is 0 Å². The molecule has 1 amide bonds. The molecule has 0 spiro atoms. The number of nitrogens with two attached hydrogens (primary N) is 1. The topological polar surface area (TPSA) is 85.0 Å². The Kier molecular flexibility index (Phi) is 3.75. The first-order valence-corrected chi connectivity index (χ1v) is 6.67. The maximum absolute atomic E-state index is 11.6. The highest BCUT2D eigenvalue weighted by Gasteiger charge is 2.13. The Morgan fingerprint density at radius 3 is 2.89 bits per heavy atom. The number of hydrogen-bond acceptors (Lipinski definition) is 5. The molecule has 0 aliphatic carbocycles. The Hall–Kier alpha value is -2.02. The number of aryl methyl sites for hydroxylation is 2. The number of carbonyl (C=O) groups is 1. The predicted molar refractivity (Wildman–Crippen MR) is 77.4 cm³/mol. The van der Waals surface area contributed by atoms with E-state index in [-0.39, 0.29) is 5.91 Å². The highest BCUT2D eigenvalue weighted by Crippen LogP contribution is 2.29. The lowest BCUT2D eigenvalue weighted by Gasteiger charge is -2.01. The average molecular weight is 279 g/mol. The van der Waals surface area contributed by atoms with Crippen LogP contribution in [0, 0.1) is 6.92 Å². The monoisotopic (exact) mass is 279 g/mol. The third-order valence-corrected chi connectivity index (χ3v) is 3.87. The summed E-state index contributed by atoms with van der Waals surface area (Å²) in [5.41, 5.74) is 8.42. The summed E-state index contributed by atoms with van der Waals surface area (Å²) in [4.78, 5) is 12.1. The zero-order chi connectivity index (χ0) is 14.0. The third kappa shape index (κ3) is 2.87. The van der Waals surface area contributed by atoms with Crippen molar-refractivity contribution >= 4 is 27.9 Å². The van der Waals surface area contributed by atoms with E-state index in [9.17, 15) is 4.79 Å². The van der Waals surface area contributed by atoms with Gasteiger partial charge >= 0.3 is 0 Å². The van der Waals surface area contributed by atoms with Gasteiger partial charge in [0.1, 0.15) is 4.88 Å². The van der Waals surface area contributed by atoms with E-state index in [4.69, 9.17) is 5.73 Å². The Labute approximate surface area is 115 Å². The first-order valence-electron chi connectivity index (χ1n) is 5.85. The van der Waals surface area contributed by atoms with Gasteiger partial charge in [0, 0.05) is 32.4 Å². The van der Waals surface area contributed by atoms with Gasteiger partial charge in [-0.1, -0.05) is 0 Å². The summed E-state index contributed by atoms with van der Waals surface area (Å²) in [5, 5.41) is 11.0. The van der Waals surface area contributed by atoms with E-state index < -0.39 is 0 Å². The minimum Gasteiger partial charge on any atom is -0.397 e. The van der Waals surface area contributed by atoms with Crippen LogP contribution < -0.4 is 16.4 Å². The van der Waals surface area contributed by atoms with E-state index >= 15 is 0 Å². The normalized spacial score (nSPS) is 10.5. The number of rotatable bonds is 4. The molecule has 2 aromatic rings. The van der Waals surface area contributed by atoms with Crippen molar-refractivity contribution in [2.75, 3.05) is 18.1 Å². The van der Waals surface area contributed by atoms with Gasteiger partial charge in [-0.15, -0.1) is 11.3 Å². The molecule has 102 valence electrons. The van der Waals surface area contributed by atoms with Crippen LogP contribution in [0.1, 0.15) is 20.9 Å². The fraction of sp³-hybridized carbons (Fsp3) is 0.333. The third-order valence-electron chi connectivity index (χ3n) is 2.76. The number of nitrogens with one attached hydrogen (secondary N) is 2. The van der Waals surface area contributed by atoms with E-state index in [0.29, 0.717) is 17.1 Å². The zero-order valence-electron chi connectivity index (χ0n) is 11.2. The van der Waals surface area contributed by atoms with E-state index in [1.54, 1.807) is 17.8 Å².